The number of aromatic nitrogens is 2. The number of carbonyl (C=O) groups is 2. The third-order valence-electron chi connectivity index (χ3n) is 1.42. The van der Waals surface area contributed by atoms with Gasteiger partial charge in [-0.2, -0.15) is 0 Å². The summed E-state index contributed by atoms with van der Waals surface area (Å²) in [5, 5.41) is 8.42. The van der Waals surface area contributed by atoms with Gasteiger partial charge < -0.3 is 21.1 Å². The molecule has 1 aromatic heterocycles. The average molecular weight is 184 g/mol. The molecule has 0 aromatic carbocycles. The Bertz CT molecular complexity index is 357. The van der Waals surface area contributed by atoms with Gasteiger partial charge in [-0.3, -0.25) is 9.59 Å². The summed E-state index contributed by atoms with van der Waals surface area (Å²) in [4.78, 5) is 24.5. The van der Waals surface area contributed by atoms with E-state index in [1.807, 2.05) is 0 Å². The molecule has 5 N–H and O–H groups in total. The normalized spacial score (nSPS) is 9.85. The van der Waals surface area contributed by atoms with Crippen molar-refractivity contribution in [1.29, 1.82) is 0 Å². The Morgan fingerprint density at radius 2 is 2.23 bits per heavy atom. The number of hydrogen-bond acceptors (Lipinski definition) is 4. The topological polar surface area (TPSA) is 124 Å². The van der Waals surface area contributed by atoms with Crippen LogP contribution in [0.2, 0.25) is 0 Å². The van der Waals surface area contributed by atoms with Crippen molar-refractivity contribution in [2.75, 3.05) is 5.73 Å². The lowest BCUT2D eigenvalue weighted by molar-refractivity contribution is -0.137. The molecule has 0 saturated heterocycles. The monoisotopic (exact) mass is 184 g/mol. The van der Waals surface area contributed by atoms with Crippen LogP contribution in [0.15, 0.2) is 6.33 Å². The van der Waals surface area contributed by atoms with Gasteiger partial charge in [0.15, 0.2) is 5.69 Å². The van der Waals surface area contributed by atoms with E-state index in [0.29, 0.717) is 0 Å². The molecule has 7 heteroatoms. The highest BCUT2D eigenvalue weighted by molar-refractivity contribution is 5.95. The molecule has 0 saturated carbocycles. The van der Waals surface area contributed by atoms with Crippen LogP contribution in [0.1, 0.15) is 10.5 Å². The van der Waals surface area contributed by atoms with Gasteiger partial charge in [0, 0.05) is 0 Å². The van der Waals surface area contributed by atoms with Crippen LogP contribution >= 0.6 is 0 Å². The lowest BCUT2D eigenvalue weighted by atomic mass is 10.4. The van der Waals surface area contributed by atoms with Crippen molar-refractivity contribution < 1.29 is 14.7 Å². The molecule has 0 spiro atoms. The van der Waals surface area contributed by atoms with Crippen molar-refractivity contribution in [2.24, 2.45) is 5.73 Å². The third-order valence-corrected chi connectivity index (χ3v) is 1.42. The molecule has 1 rings (SSSR count). The summed E-state index contributed by atoms with van der Waals surface area (Å²) in [5.74, 6) is -1.88. The number of aliphatic carboxylic acids is 1. The number of rotatable bonds is 3. The smallest absolute Gasteiger partial charge is 0.323 e. The van der Waals surface area contributed by atoms with Gasteiger partial charge in [-0.1, -0.05) is 0 Å². The summed E-state index contributed by atoms with van der Waals surface area (Å²) in [7, 11) is 0. The van der Waals surface area contributed by atoms with Crippen LogP contribution in [-0.4, -0.2) is 26.5 Å². The van der Waals surface area contributed by atoms with Gasteiger partial charge in [-0.15, -0.1) is 0 Å². The first-order valence-corrected chi connectivity index (χ1v) is 3.34. The molecule has 1 amide bonds. The fourth-order valence-corrected chi connectivity index (χ4v) is 0.853. The summed E-state index contributed by atoms with van der Waals surface area (Å²) in [6.45, 7) is -0.341. The molecule has 0 aliphatic rings. The number of imidazole rings is 1. The molecule has 0 atom stereocenters. The van der Waals surface area contributed by atoms with E-state index in [2.05, 4.69) is 4.98 Å². The molecular formula is C6H8N4O3. The molecule has 1 heterocycles. The predicted molar refractivity (Wildman–Crippen MR) is 42.8 cm³/mol. The van der Waals surface area contributed by atoms with Gasteiger partial charge >= 0.3 is 5.97 Å². The lowest BCUT2D eigenvalue weighted by Gasteiger charge is -1.99. The number of nitrogens with two attached hydrogens (primary N) is 2. The minimum absolute atomic E-state index is 0.0325. The third kappa shape index (κ3) is 1.75. The molecule has 0 radical (unpaired) electrons. The number of primary amides is 1. The first-order valence-electron chi connectivity index (χ1n) is 3.34. The van der Waals surface area contributed by atoms with E-state index in [1.165, 1.54) is 0 Å². The second-order valence-electron chi connectivity index (χ2n) is 2.36. The number of nitrogens with zero attached hydrogens (tertiary/aromatic N) is 2. The molecule has 13 heavy (non-hydrogen) atoms. The van der Waals surface area contributed by atoms with E-state index in [0.717, 1.165) is 10.9 Å². The Labute approximate surface area is 73.0 Å². The minimum atomic E-state index is -1.07. The maximum atomic E-state index is 10.6. The van der Waals surface area contributed by atoms with Gasteiger partial charge in [0.25, 0.3) is 5.91 Å². The first-order chi connectivity index (χ1) is 6.02. The molecule has 0 unspecified atom stereocenters. The van der Waals surface area contributed by atoms with Crippen LogP contribution in [0.5, 0.6) is 0 Å². The molecule has 0 aliphatic carbocycles. The maximum absolute atomic E-state index is 10.6. The van der Waals surface area contributed by atoms with E-state index in [-0.39, 0.29) is 18.1 Å². The Balaban J connectivity index is 2.99. The Hall–Kier alpha value is -2.05. The second kappa shape index (κ2) is 3.13. The Morgan fingerprint density at radius 3 is 2.62 bits per heavy atom. The fraction of sp³-hybridized carbons (Fsp3) is 0.167. The second-order valence-corrected chi connectivity index (χ2v) is 2.36. The highest BCUT2D eigenvalue weighted by Gasteiger charge is 2.13. The van der Waals surface area contributed by atoms with Gasteiger partial charge in [0.1, 0.15) is 12.4 Å². The zero-order valence-corrected chi connectivity index (χ0v) is 6.60. The molecule has 0 fully saturated rings. The number of nitrogen functional groups attached to an aromatic ring is 1. The fourth-order valence-electron chi connectivity index (χ4n) is 0.853. The highest BCUT2D eigenvalue weighted by Crippen LogP contribution is 2.08. The molecule has 0 aliphatic heterocycles. The van der Waals surface area contributed by atoms with Crippen LogP contribution in [-0.2, 0) is 11.3 Å². The molecule has 7 nitrogen and oxygen atoms in total. The molecule has 70 valence electrons. The number of hydrogen-bond donors (Lipinski definition) is 3. The maximum Gasteiger partial charge on any atom is 0.323 e. The van der Waals surface area contributed by atoms with Gasteiger partial charge in [-0.25, -0.2) is 4.98 Å². The summed E-state index contributed by atoms with van der Waals surface area (Å²) in [5.41, 5.74) is 10.2. The van der Waals surface area contributed by atoms with E-state index in [1.54, 1.807) is 0 Å². The van der Waals surface area contributed by atoms with Gasteiger partial charge in [-0.05, 0) is 0 Å². The van der Waals surface area contributed by atoms with Crippen molar-refractivity contribution in [1.82, 2.24) is 9.55 Å². The van der Waals surface area contributed by atoms with Crippen molar-refractivity contribution in [3.8, 4) is 0 Å². The van der Waals surface area contributed by atoms with Crippen LogP contribution in [0, 0.1) is 0 Å². The lowest BCUT2D eigenvalue weighted by Crippen LogP contribution is -2.16. The van der Waals surface area contributed by atoms with E-state index < -0.39 is 11.9 Å². The quantitative estimate of drug-likeness (QED) is 0.535. The molecule has 1 aromatic rings. The van der Waals surface area contributed by atoms with E-state index in [4.69, 9.17) is 16.6 Å². The Kier molecular flexibility index (Phi) is 2.18. The van der Waals surface area contributed by atoms with Crippen LogP contribution in [0.3, 0.4) is 0 Å². The average Bonchev–Trinajstić information content (AvgIpc) is 2.32. The predicted octanol–water partition coefficient (Wildman–Crippen LogP) is -1.35. The van der Waals surface area contributed by atoms with E-state index >= 15 is 0 Å². The van der Waals surface area contributed by atoms with Crippen molar-refractivity contribution in [2.45, 2.75) is 6.54 Å². The number of carboxylic acids is 1. The van der Waals surface area contributed by atoms with Crippen molar-refractivity contribution >= 4 is 17.7 Å². The van der Waals surface area contributed by atoms with Gasteiger partial charge in [0.2, 0.25) is 0 Å². The van der Waals surface area contributed by atoms with Crippen LogP contribution < -0.4 is 11.5 Å². The largest absolute Gasteiger partial charge is 0.480 e. The SMILES string of the molecule is NC(=O)c1ncn(CC(=O)O)c1N. The Morgan fingerprint density at radius 1 is 1.62 bits per heavy atom. The standard InChI is InChI=1S/C6H8N4O3/c7-5-4(6(8)13)9-2-10(5)1-3(11)12/h2H,1,7H2,(H2,8,13)(H,11,12). The zero-order chi connectivity index (χ0) is 10.0. The number of anilines is 1. The summed E-state index contributed by atoms with van der Waals surface area (Å²) in [6, 6.07) is 0. The highest BCUT2D eigenvalue weighted by atomic mass is 16.4. The number of carboxylic acid groups (broad SMARTS) is 1. The number of amides is 1. The van der Waals surface area contributed by atoms with Crippen LogP contribution in [0.25, 0.3) is 0 Å². The van der Waals surface area contributed by atoms with Crippen LogP contribution in [0.4, 0.5) is 5.82 Å². The van der Waals surface area contributed by atoms with Crippen molar-refractivity contribution in [3.63, 3.8) is 0 Å². The van der Waals surface area contributed by atoms with E-state index in [9.17, 15) is 9.59 Å². The molecule has 0 bridgehead atoms. The first kappa shape index (κ1) is 9.04. The molecular weight excluding hydrogens is 176 g/mol. The summed E-state index contributed by atoms with van der Waals surface area (Å²) >= 11 is 0. The minimum Gasteiger partial charge on any atom is -0.480 e. The van der Waals surface area contributed by atoms with Gasteiger partial charge in [0.05, 0.1) is 6.33 Å². The number of carbonyl (C=O) groups excluding carboxylic acids is 1. The summed E-state index contributed by atoms with van der Waals surface area (Å²) < 4.78 is 1.13. The zero-order valence-electron chi connectivity index (χ0n) is 6.60. The summed E-state index contributed by atoms with van der Waals surface area (Å²) in [6.07, 6.45) is 1.16. The van der Waals surface area contributed by atoms with Crippen molar-refractivity contribution in [3.05, 3.63) is 12.0 Å².